The molecule has 0 unspecified atom stereocenters. The van der Waals surface area contributed by atoms with Gasteiger partial charge in [-0.2, -0.15) is 0 Å². The molecule has 13 heteroatoms. The summed E-state index contributed by atoms with van der Waals surface area (Å²) in [4.78, 5) is 0. The van der Waals surface area contributed by atoms with Crippen molar-refractivity contribution < 1.29 is 34.5 Å². The summed E-state index contributed by atoms with van der Waals surface area (Å²) < 4.78 is 78.0. The Labute approximate surface area is 98.1 Å². The average molecular weight is 296 g/mol. The van der Waals surface area contributed by atoms with Gasteiger partial charge in [-0.05, 0) is 19.5 Å². The summed E-state index contributed by atoms with van der Waals surface area (Å²) in [6, 6.07) is 0.528. The van der Waals surface area contributed by atoms with Crippen LogP contribution >= 0.6 is 11.6 Å². The van der Waals surface area contributed by atoms with Crippen LogP contribution in [-0.4, -0.2) is 33.6 Å². The lowest BCUT2D eigenvalue weighted by Gasteiger charge is -1.94. The summed E-state index contributed by atoms with van der Waals surface area (Å²) in [5, 5.41) is 2.93. The molecule has 3 N–H and O–H groups in total. The van der Waals surface area contributed by atoms with Crippen LogP contribution in [0.5, 0.6) is 0 Å². The number of hydrogen-bond acceptors (Lipinski definition) is 2. The molecule has 0 amide bonds. The van der Waals surface area contributed by atoms with Gasteiger partial charge in [-0.15, -0.1) is 11.6 Å². The summed E-state index contributed by atoms with van der Waals surface area (Å²) in [5.41, 5.74) is 5.19. The van der Waals surface area contributed by atoms with Gasteiger partial charge < -0.3 is 45.6 Å². The molecule has 0 aromatic carbocycles. The van der Waals surface area contributed by atoms with E-state index in [1.54, 1.807) is 0 Å². The molecule has 0 radical (unpaired) electrons. The lowest BCUT2D eigenvalue weighted by molar-refractivity contribution is 0.366. The number of hydrogen-bond donors (Lipinski definition) is 2. The third-order valence-electron chi connectivity index (χ3n) is 0.652. The topological polar surface area (TPSA) is 38.0 Å². The summed E-state index contributed by atoms with van der Waals surface area (Å²) in [5.74, 6) is 0. The van der Waals surface area contributed by atoms with E-state index in [2.05, 4.69) is 5.32 Å². The van der Waals surface area contributed by atoms with Crippen molar-refractivity contribution in [1.82, 2.24) is 5.32 Å². The molecule has 2 nitrogen and oxygen atoms in total. The molecular formula is C4H11B2ClF8N2-2. The van der Waals surface area contributed by atoms with Gasteiger partial charge in [-0.3, -0.25) is 0 Å². The van der Waals surface area contributed by atoms with E-state index in [4.69, 9.17) is 17.3 Å². The molecule has 0 saturated heterocycles. The molecule has 0 aromatic heterocycles. The number of rotatable bonds is 4. The molecule has 0 atom stereocenters. The largest absolute Gasteiger partial charge is 0.673 e. The fourth-order valence-electron chi connectivity index (χ4n) is 0.294. The second-order valence-electron chi connectivity index (χ2n) is 2.27. The van der Waals surface area contributed by atoms with Crippen molar-refractivity contribution in [2.45, 2.75) is 6.42 Å². The van der Waals surface area contributed by atoms with E-state index in [1.165, 1.54) is 0 Å². The number of nitrogens with two attached hydrogens (primary N) is 1. The van der Waals surface area contributed by atoms with E-state index in [0.717, 1.165) is 19.5 Å². The van der Waals surface area contributed by atoms with E-state index in [0.29, 0.717) is 6.00 Å². The molecule has 0 aliphatic carbocycles. The molecule has 0 fully saturated rings. The summed E-state index contributed by atoms with van der Waals surface area (Å²) in [7, 11) is -12.0. The van der Waals surface area contributed by atoms with Crippen LogP contribution < -0.4 is 11.1 Å². The fourth-order valence-corrected chi connectivity index (χ4v) is 0.428. The first-order chi connectivity index (χ1) is 7.41. The first kappa shape index (κ1) is 22.0. The molecule has 0 saturated carbocycles. The van der Waals surface area contributed by atoms with E-state index in [1.807, 2.05) is 0 Å². The smallest absolute Gasteiger partial charge is 0.418 e. The van der Waals surface area contributed by atoms with Gasteiger partial charge in [0.1, 0.15) is 0 Å². The Balaban J connectivity index is -0.000000177. The zero-order valence-electron chi connectivity index (χ0n) is 8.46. The first-order valence-electron chi connectivity index (χ1n) is 4.13. The number of alkyl halides is 1. The quantitative estimate of drug-likeness (QED) is 0.275. The Morgan fingerprint density at radius 3 is 1.35 bits per heavy atom. The Bertz CT molecular complexity index is 125. The van der Waals surface area contributed by atoms with Crippen LogP contribution in [0.3, 0.4) is 0 Å². The highest BCUT2D eigenvalue weighted by molar-refractivity contribution is 6.50. The van der Waals surface area contributed by atoms with Crippen LogP contribution in [0.4, 0.5) is 34.5 Å². The first-order valence-corrected chi connectivity index (χ1v) is 4.66. The minimum atomic E-state index is -6.00. The van der Waals surface area contributed by atoms with Crippen LogP contribution in [0.25, 0.3) is 0 Å². The van der Waals surface area contributed by atoms with Gasteiger partial charge in [-0.1, -0.05) is 0 Å². The van der Waals surface area contributed by atoms with Crippen LogP contribution in [0, 0.1) is 0 Å². The van der Waals surface area contributed by atoms with Crippen LogP contribution in [0.1, 0.15) is 6.42 Å². The molecule has 0 aliphatic heterocycles. The maximum atomic E-state index is 9.75. The molecule has 0 rings (SSSR count). The predicted molar refractivity (Wildman–Crippen MR) is 52.8 cm³/mol. The maximum Gasteiger partial charge on any atom is 0.673 e. The van der Waals surface area contributed by atoms with Gasteiger partial charge in [0.25, 0.3) is 0 Å². The van der Waals surface area contributed by atoms with E-state index < -0.39 is 14.5 Å². The minimum absolute atomic E-state index is 0.528. The lowest BCUT2D eigenvalue weighted by atomic mass is 10.3. The normalized spacial score (nSPS) is 10.9. The number of nitrogens with one attached hydrogen (secondary N) is 1. The molecule has 17 heavy (non-hydrogen) atoms. The Kier molecular flexibility index (Phi) is 15.8. The summed E-state index contributed by atoms with van der Waals surface area (Å²) in [6.45, 7) is 1.67. The standard InChI is InChI=1S/C4H11ClN2.2BF4/c5-4-7-3-1-2-6;2*2-1(3,4)5/h7H,1-4,6H2;;/q;2*-1. The maximum absolute atomic E-state index is 9.75. The summed E-state index contributed by atoms with van der Waals surface area (Å²) >= 11 is 5.29. The van der Waals surface area contributed by atoms with Crippen molar-refractivity contribution in [3.8, 4) is 0 Å². The van der Waals surface area contributed by atoms with Gasteiger partial charge in [0, 0.05) is 0 Å². The van der Waals surface area contributed by atoms with Crippen molar-refractivity contribution in [2.75, 3.05) is 19.1 Å². The van der Waals surface area contributed by atoms with Crippen LogP contribution in [0.2, 0.25) is 0 Å². The van der Waals surface area contributed by atoms with Crippen LogP contribution in [0.15, 0.2) is 0 Å². The third-order valence-corrected chi connectivity index (χ3v) is 0.841. The van der Waals surface area contributed by atoms with Crippen molar-refractivity contribution in [3.63, 3.8) is 0 Å². The molecule has 108 valence electrons. The molecule has 0 heterocycles. The Hall–Kier alpha value is -0.220. The zero-order chi connectivity index (χ0) is 14.5. The van der Waals surface area contributed by atoms with Crippen LogP contribution in [-0.2, 0) is 0 Å². The van der Waals surface area contributed by atoms with Gasteiger partial charge in [0.15, 0.2) is 0 Å². The lowest BCUT2D eigenvalue weighted by Crippen LogP contribution is -2.15. The minimum Gasteiger partial charge on any atom is -0.418 e. The van der Waals surface area contributed by atoms with Gasteiger partial charge in [-0.25, -0.2) is 0 Å². The highest BCUT2D eigenvalue weighted by Gasteiger charge is 2.21. The van der Waals surface area contributed by atoms with Crippen molar-refractivity contribution in [3.05, 3.63) is 0 Å². The monoisotopic (exact) mass is 296 g/mol. The third kappa shape index (κ3) is 210. The molecule has 0 aliphatic rings. The second-order valence-corrected chi connectivity index (χ2v) is 2.53. The predicted octanol–water partition coefficient (Wildman–Crippen LogP) is 2.72. The highest BCUT2D eigenvalue weighted by atomic mass is 35.5. The average Bonchev–Trinajstić information content (AvgIpc) is 1.99. The van der Waals surface area contributed by atoms with Gasteiger partial charge >= 0.3 is 14.5 Å². The SMILES string of the molecule is F[B-](F)(F)F.F[B-](F)(F)F.NCCCNCCl. The highest BCUT2D eigenvalue weighted by Crippen LogP contribution is 2.07. The van der Waals surface area contributed by atoms with Crippen molar-refractivity contribution >= 4 is 26.1 Å². The molecule has 0 aromatic rings. The number of halogens is 9. The van der Waals surface area contributed by atoms with Crippen molar-refractivity contribution in [2.24, 2.45) is 5.73 Å². The molecule has 0 spiro atoms. The Morgan fingerprint density at radius 1 is 0.882 bits per heavy atom. The van der Waals surface area contributed by atoms with E-state index in [-0.39, 0.29) is 0 Å². The molecule has 0 bridgehead atoms. The Morgan fingerprint density at radius 2 is 1.18 bits per heavy atom. The second kappa shape index (κ2) is 12.2. The van der Waals surface area contributed by atoms with Crippen molar-refractivity contribution in [1.29, 1.82) is 0 Å². The summed E-state index contributed by atoms with van der Waals surface area (Å²) in [6.07, 6.45) is 1.01. The zero-order valence-corrected chi connectivity index (χ0v) is 9.22. The fraction of sp³-hybridized carbons (Fsp3) is 1.00. The van der Waals surface area contributed by atoms with E-state index in [9.17, 15) is 34.5 Å². The molecular weight excluding hydrogens is 285 g/mol. The van der Waals surface area contributed by atoms with E-state index >= 15 is 0 Å². The van der Waals surface area contributed by atoms with Gasteiger partial charge in [0.2, 0.25) is 0 Å². The van der Waals surface area contributed by atoms with Gasteiger partial charge in [0.05, 0.1) is 6.00 Å².